The molecule has 0 amide bonds. The lowest BCUT2D eigenvalue weighted by Gasteiger charge is -2.11. The van der Waals surface area contributed by atoms with E-state index in [0.717, 1.165) is 25.8 Å². The van der Waals surface area contributed by atoms with E-state index in [1.165, 1.54) is 16.8 Å². The van der Waals surface area contributed by atoms with Crippen molar-refractivity contribution in [2.24, 2.45) is 0 Å². The fourth-order valence-electron chi connectivity index (χ4n) is 2.15. The molecule has 0 saturated carbocycles. The molecule has 78 valence electrons. The van der Waals surface area contributed by atoms with Gasteiger partial charge >= 0.3 is 0 Å². The molecule has 1 aromatic carbocycles. The molecule has 1 aliphatic rings. The second kappa shape index (κ2) is 4.35. The van der Waals surface area contributed by atoms with Crippen molar-refractivity contribution in [2.45, 2.75) is 25.7 Å². The first-order chi connectivity index (χ1) is 7.31. The molecule has 2 rings (SSSR count). The first-order valence-electron chi connectivity index (χ1n) is 5.51. The molecule has 15 heavy (non-hydrogen) atoms. The highest BCUT2D eigenvalue weighted by Gasteiger charge is 2.14. The lowest BCUT2D eigenvalue weighted by atomic mass is 10.0. The van der Waals surface area contributed by atoms with Crippen molar-refractivity contribution in [1.82, 2.24) is 0 Å². The molecule has 0 fully saturated rings. The van der Waals surface area contributed by atoms with Gasteiger partial charge in [0.1, 0.15) is 0 Å². The molecule has 0 bridgehead atoms. The molecule has 1 aliphatic heterocycles. The maximum absolute atomic E-state index is 8.48. The zero-order chi connectivity index (χ0) is 10.7. The number of likely N-dealkylation sites (N-methyl/N-ethyl adjacent to an activating group) is 1. The molecule has 1 heterocycles. The highest BCUT2D eigenvalue weighted by Crippen LogP contribution is 2.27. The van der Waals surface area contributed by atoms with Crippen LogP contribution in [0.2, 0.25) is 0 Å². The third-order valence-electron chi connectivity index (χ3n) is 3.03. The maximum Gasteiger partial charge on any atom is 0.0621 e. The van der Waals surface area contributed by atoms with E-state index in [1.807, 2.05) is 0 Å². The summed E-state index contributed by atoms with van der Waals surface area (Å²) >= 11 is 0. The summed E-state index contributed by atoms with van der Waals surface area (Å²) in [6.07, 6.45) is 3.84. The SMILES string of the molecule is CN1CCc2cc(CCCC#N)ccc21. The van der Waals surface area contributed by atoms with Gasteiger partial charge in [0.05, 0.1) is 6.07 Å². The summed E-state index contributed by atoms with van der Waals surface area (Å²) in [6.45, 7) is 1.14. The number of hydrogen-bond donors (Lipinski definition) is 0. The molecule has 0 spiro atoms. The molecule has 0 aliphatic carbocycles. The van der Waals surface area contributed by atoms with Crippen molar-refractivity contribution in [3.05, 3.63) is 29.3 Å². The Balaban J connectivity index is 2.07. The largest absolute Gasteiger partial charge is 0.374 e. The fourth-order valence-corrected chi connectivity index (χ4v) is 2.15. The van der Waals surface area contributed by atoms with Crippen LogP contribution in [-0.4, -0.2) is 13.6 Å². The van der Waals surface area contributed by atoms with E-state index in [0.29, 0.717) is 6.42 Å². The summed E-state index contributed by atoms with van der Waals surface area (Å²) in [7, 11) is 2.14. The number of unbranched alkanes of at least 4 members (excludes halogenated alkanes) is 1. The van der Waals surface area contributed by atoms with Crippen molar-refractivity contribution in [3.8, 4) is 6.07 Å². The van der Waals surface area contributed by atoms with Gasteiger partial charge in [0.2, 0.25) is 0 Å². The Hall–Kier alpha value is -1.49. The Morgan fingerprint density at radius 1 is 1.47 bits per heavy atom. The number of aryl methyl sites for hydroxylation is 1. The van der Waals surface area contributed by atoms with Crippen LogP contribution in [0.4, 0.5) is 5.69 Å². The van der Waals surface area contributed by atoms with E-state index in [2.05, 4.69) is 36.2 Å². The number of nitriles is 1. The minimum atomic E-state index is 0.664. The first-order valence-corrected chi connectivity index (χ1v) is 5.51. The van der Waals surface area contributed by atoms with Crippen LogP contribution in [0.5, 0.6) is 0 Å². The predicted molar refractivity (Wildman–Crippen MR) is 62.0 cm³/mol. The average molecular weight is 200 g/mol. The Bertz CT molecular complexity index is 390. The van der Waals surface area contributed by atoms with Gasteiger partial charge in [-0.25, -0.2) is 0 Å². The van der Waals surface area contributed by atoms with Gasteiger partial charge in [-0.3, -0.25) is 0 Å². The molecule has 0 aromatic heterocycles. The second-order valence-corrected chi connectivity index (χ2v) is 4.15. The van der Waals surface area contributed by atoms with Gasteiger partial charge in [-0.1, -0.05) is 12.1 Å². The lowest BCUT2D eigenvalue weighted by Crippen LogP contribution is -2.12. The van der Waals surface area contributed by atoms with Gasteiger partial charge in [-0.15, -0.1) is 0 Å². The number of benzene rings is 1. The molecular weight excluding hydrogens is 184 g/mol. The number of anilines is 1. The molecule has 1 aromatic rings. The molecule has 0 unspecified atom stereocenters. The minimum absolute atomic E-state index is 0.664. The van der Waals surface area contributed by atoms with E-state index in [4.69, 9.17) is 5.26 Å². The summed E-state index contributed by atoms with van der Waals surface area (Å²) < 4.78 is 0. The first kappa shape index (κ1) is 10.0. The number of fused-ring (bicyclic) bond motifs is 1. The number of nitrogens with zero attached hydrogens (tertiary/aromatic N) is 2. The third-order valence-corrected chi connectivity index (χ3v) is 3.03. The lowest BCUT2D eigenvalue weighted by molar-refractivity contribution is 0.849. The van der Waals surface area contributed by atoms with Gasteiger partial charge in [-0.05, 0) is 36.5 Å². The molecule has 2 nitrogen and oxygen atoms in total. The summed E-state index contributed by atoms with van der Waals surface area (Å²) in [5, 5.41) is 8.48. The zero-order valence-electron chi connectivity index (χ0n) is 9.16. The van der Waals surface area contributed by atoms with Gasteiger partial charge in [0.25, 0.3) is 0 Å². The van der Waals surface area contributed by atoms with Crippen molar-refractivity contribution < 1.29 is 0 Å². The van der Waals surface area contributed by atoms with Crippen molar-refractivity contribution >= 4 is 5.69 Å². The summed E-state index contributed by atoms with van der Waals surface area (Å²) in [5.41, 5.74) is 4.21. The highest BCUT2D eigenvalue weighted by molar-refractivity contribution is 5.58. The van der Waals surface area contributed by atoms with Crippen LogP contribution in [-0.2, 0) is 12.8 Å². The Morgan fingerprint density at radius 3 is 3.13 bits per heavy atom. The smallest absolute Gasteiger partial charge is 0.0621 e. The van der Waals surface area contributed by atoms with Crippen LogP contribution < -0.4 is 4.90 Å². The van der Waals surface area contributed by atoms with Crippen molar-refractivity contribution in [1.29, 1.82) is 5.26 Å². The summed E-state index contributed by atoms with van der Waals surface area (Å²) in [5.74, 6) is 0. The van der Waals surface area contributed by atoms with Gasteiger partial charge < -0.3 is 4.90 Å². The number of rotatable bonds is 3. The Labute approximate surface area is 91.1 Å². The van der Waals surface area contributed by atoms with E-state index in [9.17, 15) is 0 Å². The van der Waals surface area contributed by atoms with Crippen LogP contribution in [0.3, 0.4) is 0 Å². The third kappa shape index (κ3) is 2.12. The standard InChI is InChI=1S/C13H16N2/c1-15-9-7-12-10-11(4-2-3-8-14)5-6-13(12)15/h5-6,10H,2-4,7,9H2,1H3. The predicted octanol–water partition coefficient (Wildman–Crippen LogP) is 2.53. The van der Waals surface area contributed by atoms with E-state index in [-0.39, 0.29) is 0 Å². The highest BCUT2D eigenvalue weighted by atomic mass is 15.1. The van der Waals surface area contributed by atoms with Gasteiger partial charge in [0, 0.05) is 25.7 Å². The van der Waals surface area contributed by atoms with Crippen LogP contribution >= 0.6 is 0 Å². The van der Waals surface area contributed by atoms with Crippen molar-refractivity contribution in [3.63, 3.8) is 0 Å². The van der Waals surface area contributed by atoms with Gasteiger partial charge in [0.15, 0.2) is 0 Å². The maximum atomic E-state index is 8.48. The van der Waals surface area contributed by atoms with E-state index < -0.39 is 0 Å². The summed E-state index contributed by atoms with van der Waals surface area (Å²) in [6, 6.07) is 8.90. The second-order valence-electron chi connectivity index (χ2n) is 4.15. The van der Waals surface area contributed by atoms with E-state index in [1.54, 1.807) is 0 Å². The van der Waals surface area contributed by atoms with Crippen LogP contribution in [0.15, 0.2) is 18.2 Å². The quantitative estimate of drug-likeness (QED) is 0.701. The Kier molecular flexibility index (Phi) is 2.91. The molecule has 0 atom stereocenters. The molecular formula is C13H16N2. The average Bonchev–Trinajstić information content (AvgIpc) is 2.61. The molecule has 2 heteroatoms. The molecule has 0 radical (unpaired) electrons. The van der Waals surface area contributed by atoms with E-state index >= 15 is 0 Å². The van der Waals surface area contributed by atoms with Crippen molar-refractivity contribution in [2.75, 3.05) is 18.5 Å². The summed E-state index contributed by atoms with van der Waals surface area (Å²) in [4.78, 5) is 2.30. The minimum Gasteiger partial charge on any atom is -0.374 e. The van der Waals surface area contributed by atoms with Crippen LogP contribution in [0, 0.1) is 11.3 Å². The van der Waals surface area contributed by atoms with Crippen LogP contribution in [0.1, 0.15) is 24.0 Å². The fraction of sp³-hybridized carbons (Fsp3) is 0.462. The van der Waals surface area contributed by atoms with Crippen LogP contribution in [0.25, 0.3) is 0 Å². The normalized spacial score (nSPS) is 13.7. The number of hydrogen-bond acceptors (Lipinski definition) is 2. The Morgan fingerprint density at radius 2 is 2.33 bits per heavy atom. The molecule has 0 N–H and O–H groups in total. The molecule has 0 saturated heterocycles. The topological polar surface area (TPSA) is 27.0 Å². The zero-order valence-corrected chi connectivity index (χ0v) is 9.16. The van der Waals surface area contributed by atoms with Gasteiger partial charge in [-0.2, -0.15) is 5.26 Å². The monoisotopic (exact) mass is 200 g/mol.